The first kappa shape index (κ1) is 21.6. The van der Waals surface area contributed by atoms with E-state index >= 15 is 0 Å². The van der Waals surface area contributed by atoms with Crippen LogP contribution in [0.4, 0.5) is 5.69 Å². The standard InChI is InChI=1S/C23H19BrN4O4S/c1-4-9-27-15-7-6-13(24)11-14(15)18(21(27)29)19-22(30)28-23(33-19)25-20(26-28)12-5-8-16(31-2)17(10-12)32-3/h5-8,10-11H,4,9H2,1-3H3. The number of amides is 1. The summed E-state index contributed by atoms with van der Waals surface area (Å²) in [7, 11) is 3.12. The highest BCUT2D eigenvalue weighted by Crippen LogP contribution is 2.37. The highest BCUT2D eigenvalue weighted by Gasteiger charge is 2.34. The third kappa shape index (κ3) is 3.41. The summed E-state index contributed by atoms with van der Waals surface area (Å²) in [4.78, 5) is 33.3. The van der Waals surface area contributed by atoms with Gasteiger partial charge in [0.05, 0.1) is 25.5 Å². The summed E-state index contributed by atoms with van der Waals surface area (Å²) in [5.74, 6) is 1.35. The number of methoxy groups -OCH3 is 2. The zero-order valence-corrected chi connectivity index (χ0v) is 20.5. The van der Waals surface area contributed by atoms with Crippen molar-refractivity contribution in [2.45, 2.75) is 13.3 Å². The molecule has 1 amide bonds. The fourth-order valence-electron chi connectivity index (χ4n) is 3.95. The normalized spacial score (nSPS) is 14.8. The van der Waals surface area contributed by atoms with Crippen molar-refractivity contribution in [3.05, 3.63) is 61.3 Å². The van der Waals surface area contributed by atoms with Gasteiger partial charge in [-0.2, -0.15) is 9.50 Å². The lowest BCUT2D eigenvalue weighted by atomic mass is 10.1. The van der Waals surface area contributed by atoms with Crippen LogP contribution >= 0.6 is 27.3 Å². The summed E-state index contributed by atoms with van der Waals surface area (Å²) in [5.41, 5.74) is 2.28. The zero-order chi connectivity index (χ0) is 23.3. The quantitative estimate of drug-likeness (QED) is 0.396. The molecule has 0 atom stereocenters. The number of hydrogen-bond donors (Lipinski definition) is 0. The molecular weight excluding hydrogens is 508 g/mol. The molecule has 168 valence electrons. The largest absolute Gasteiger partial charge is 0.493 e. The first-order chi connectivity index (χ1) is 16.0. The van der Waals surface area contributed by atoms with Crippen LogP contribution in [0.25, 0.3) is 21.9 Å². The number of ether oxygens (including phenoxy) is 2. The van der Waals surface area contributed by atoms with E-state index in [1.54, 1.807) is 37.3 Å². The van der Waals surface area contributed by atoms with E-state index in [0.29, 0.717) is 44.5 Å². The number of hydrogen-bond acceptors (Lipinski definition) is 7. The number of benzene rings is 2. The lowest BCUT2D eigenvalue weighted by Crippen LogP contribution is -2.32. The molecule has 0 spiro atoms. The molecule has 3 heterocycles. The predicted octanol–water partition coefficient (Wildman–Crippen LogP) is 3.27. The Morgan fingerprint density at radius 3 is 2.55 bits per heavy atom. The average Bonchev–Trinajstić information content (AvgIpc) is 3.44. The molecule has 0 N–H and O–H groups in total. The predicted molar refractivity (Wildman–Crippen MR) is 130 cm³/mol. The van der Waals surface area contributed by atoms with Crippen LogP contribution in [-0.2, 0) is 4.79 Å². The molecule has 2 aromatic carbocycles. The van der Waals surface area contributed by atoms with Crippen molar-refractivity contribution >= 4 is 49.4 Å². The Morgan fingerprint density at radius 1 is 1.06 bits per heavy atom. The first-order valence-electron chi connectivity index (χ1n) is 10.2. The van der Waals surface area contributed by atoms with Crippen LogP contribution in [0, 0.1) is 0 Å². The molecule has 10 heteroatoms. The number of nitrogens with zero attached hydrogens (tertiary/aromatic N) is 4. The Morgan fingerprint density at radius 2 is 1.85 bits per heavy atom. The van der Waals surface area contributed by atoms with Crippen molar-refractivity contribution in [1.29, 1.82) is 0 Å². The Balaban J connectivity index is 1.68. The summed E-state index contributed by atoms with van der Waals surface area (Å²) in [6, 6.07) is 11.0. The number of thiazole rings is 1. The van der Waals surface area contributed by atoms with Gasteiger partial charge in [0.15, 0.2) is 17.3 Å². The number of carbonyl (C=O) groups is 1. The molecule has 1 aliphatic rings. The molecule has 5 rings (SSSR count). The summed E-state index contributed by atoms with van der Waals surface area (Å²) < 4.78 is 13.1. The molecule has 33 heavy (non-hydrogen) atoms. The zero-order valence-electron chi connectivity index (χ0n) is 18.1. The number of rotatable bonds is 5. The van der Waals surface area contributed by atoms with Gasteiger partial charge in [-0.25, -0.2) is 0 Å². The highest BCUT2D eigenvalue weighted by molar-refractivity contribution is 9.10. The van der Waals surface area contributed by atoms with E-state index in [-0.39, 0.29) is 11.5 Å². The average molecular weight is 527 g/mol. The lowest BCUT2D eigenvalue weighted by Gasteiger charge is -2.15. The van der Waals surface area contributed by atoms with E-state index < -0.39 is 0 Å². The Bertz CT molecular complexity index is 1530. The van der Waals surface area contributed by atoms with Crippen molar-refractivity contribution in [3.63, 3.8) is 0 Å². The van der Waals surface area contributed by atoms with Gasteiger partial charge in [0.1, 0.15) is 4.53 Å². The second-order valence-corrected chi connectivity index (χ2v) is 9.32. The topological polar surface area (TPSA) is 86.0 Å². The Hall–Kier alpha value is -3.24. The van der Waals surface area contributed by atoms with Crippen LogP contribution in [0.3, 0.4) is 0 Å². The van der Waals surface area contributed by atoms with E-state index in [0.717, 1.165) is 22.1 Å². The second kappa shape index (κ2) is 8.27. The van der Waals surface area contributed by atoms with Crippen molar-refractivity contribution in [2.24, 2.45) is 0 Å². The molecule has 2 aromatic heterocycles. The van der Waals surface area contributed by atoms with Crippen LogP contribution in [0.1, 0.15) is 18.9 Å². The van der Waals surface area contributed by atoms with Gasteiger partial charge in [-0.1, -0.05) is 34.2 Å². The molecule has 0 saturated heterocycles. The maximum Gasteiger partial charge on any atom is 0.291 e. The van der Waals surface area contributed by atoms with Gasteiger partial charge in [-0.3, -0.25) is 9.59 Å². The van der Waals surface area contributed by atoms with Crippen LogP contribution in [-0.4, -0.2) is 41.3 Å². The van der Waals surface area contributed by atoms with Crippen LogP contribution in [0.2, 0.25) is 0 Å². The molecule has 4 aromatic rings. The lowest BCUT2D eigenvalue weighted by molar-refractivity contribution is -0.113. The third-order valence-corrected chi connectivity index (χ3v) is 6.97. The van der Waals surface area contributed by atoms with E-state index in [1.165, 1.54) is 15.9 Å². The summed E-state index contributed by atoms with van der Waals surface area (Å²) in [6.45, 7) is 2.59. The number of carbonyl (C=O) groups excluding carboxylic acids is 1. The maximum atomic E-state index is 13.3. The van der Waals surface area contributed by atoms with E-state index in [4.69, 9.17) is 9.47 Å². The number of aromatic nitrogens is 3. The Kier molecular flexibility index (Phi) is 5.41. The minimum atomic E-state index is -0.359. The SMILES string of the molecule is CCCN1C(=O)C(=c2sc3nc(-c4ccc(OC)c(OC)c4)nn3c2=O)c2cc(Br)ccc21. The Labute approximate surface area is 201 Å². The van der Waals surface area contributed by atoms with E-state index in [1.807, 2.05) is 25.1 Å². The van der Waals surface area contributed by atoms with Gasteiger partial charge in [0.2, 0.25) is 4.96 Å². The van der Waals surface area contributed by atoms with Gasteiger partial charge in [-0.15, -0.1) is 5.10 Å². The molecule has 0 saturated carbocycles. The second-order valence-electron chi connectivity index (χ2n) is 7.43. The number of halogens is 1. The molecule has 0 aliphatic carbocycles. The monoisotopic (exact) mass is 526 g/mol. The first-order valence-corrected chi connectivity index (χ1v) is 11.9. The molecule has 8 nitrogen and oxygen atoms in total. The molecule has 0 radical (unpaired) electrons. The number of anilines is 1. The van der Waals surface area contributed by atoms with Crippen LogP contribution < -0.4 is 24.5 Å². The molecular formula is C23H19BrN4O4S. The maximum absolute atomic E-state index is 13.3. The van der Waals surface area contributed by atoms with Gasteiger partial charge in [-0.05, 0) is 42.8 Å². The van der Waals surface area contributed by atoms with Crippen molar-refractivity contribution in [1.82, 2.24) is 14.6 Å². The smallest absolute Gasteiger partial charge is 0.291 e. The minimum absolute atomic E-state index is 0.174. The molecule has 0 fully saturated rings. The van der Waals surface area contributed by atoms with Gasteiger partial charge in [0, 0.05) is 22.1 Å². The van der Waals surface area contributed by atoms with Crippen molar-refractivity contribution < 1.29 is 14.3 Å². The molecule has 0 unspecified atom stereocenters. The van der Waals surface area contributed by atoms with Crippen LogP contribution in [0.5, 0.6) is 11.5 Å². The minimum Gasteiger partial charge on any atom is -0.493 e. The summed E-state index contributed by atoms with van der Waals surface area (Å²) >= 11 is 4.65. The van der Waals surface area contributed by atoms with E-state index in [9.17, 15) is 9.59 Å². The summed E-state index contributed by atoms with van der Waals surface area (Å²) in [5, 5.41) is 4.42. The van der Waals surface area contributed by atoms with Gasteiger partial charge < -0.3 is 14.4 Å². The van der Waals surface area contributed by atoms with Crippen LogP contribution in [0.15, 0.2) is 45.7 Å². The molecule has 1 aliphatic heterocycles. The molecule has 0 bridgehead atoms. The van der Waals surface area contributed by atoms with Gasteiger partial charge in [0.25, 0.3) is 11.5 Å². The van der Waals surface area contributed by atoms with Gasteiger partial charge >= 0.3 is 0 Å². The fourth-order valence-corrected chi connectivity index (χ4v) is 5.31. The van der Waals surface area contributed by atoms with E-state index in [2.05, 4.69) is 26.0 Å². The van der Waals surface area contributed by atoms with Crippen molar-refractivity contribution in [2.75, 3.05) is 25.7 Å². The number of fused-ring (bicyclic) bond motifs is 2. The van der Waals surface area contributed by atoms with Crippen molar-refractivity contribution in [3.8, 4) is 22.9 Å². The highest BCUT2D eigenvalue weighted by atomic mass is 79.9. The third-order valence-electron chi connectivity index (χ3n) is 5.45. The summed E-state index contributed by atoms with van der Waals surface area (Å²) in [6.07, 6.45) is 0.808. The fraction of sp³-hybridized carbons (Fsp3) is 0.217.